The number of rotatable bonds is 1. The molecule has 0 fully saturated rings. The van der Waals surface area contributed by atoms with Gasteiger partial charge in [0.15, 0.2) is 0 Å². The summed E-state index contributed by atoms with van der Waals surface area (Å²) in [5.41, 5.74) is 4.15. The molecule has 2 aromatic rings. The van der Waals surface area contributed by atoms with Gasteiger partial charge < -0.3 is 5.11 Å². The molecular weight excluding hydrogens is 291 g/mol. The summed E-state index contributed by atoms with van der Waals surface area (Å²) in [6.45, 7) is 3.94. The number of benzene rings is 1. The first kappa shape index (κ1) is 16.8. The van der Waals surface area contributed by atoms with E-state index in [1.54, 1.807) is 0 Å². The number of fused-ring (bicyclic) bond motifs is 1. The van der Waals surface area contributed by atoms with Gasteiger partial charge in [0.25, 0.3) is 0 Å². The van der Waals surface area contributed by atoms with Gasteiger partial charge in [0.2, 0.25) is 4.74 Å². The van der Waals surface area contributed by atoms with Gasteiger partial charge in [0.1, 0.15) is 0 Å². The van der Waals surface area contributed by atoms with Crippen LogP contribution >= 0.6 is 11.3 Å². The largest absolute Gasteiger partial charge is 1.00 e. The van der Waals surface area contributed by atoms with Crippen LogP contribution in [0.3, 0.4) is 0 Å². The Bertz CT molecular complexity index is 734. The topological polar surface area (TPSA) is 40.1 Å². The summed E-state index contributed by atoms with van der Waals surface area (Å²) in [5.74, 6) is -0.0304. The minimum Gasteiger partial charge on any atom is -0.872 e. The fourth-order valence-corrected chi connectivity index (χ4v) is 3.97. The van der Waals surface area contributed by atoms with Crippen molar-refractivity contribution in [2.45, 2.75) is 39.5 Å². The zero-order valence-electron chi connectivity index (χ0n) is 12.8. The Morgan fingerprint density at radius 3 is 2.62 bits per heavy atom. The first-order valence-electron chi connectivity index (χ1n) is 7.01. The molecule has 4 heteroatoms. The molecule has 1 aromatic carbocycles. The van der Waals surface area contributed by atoms with Gasteiger partial charge in [0.05, 0.1) is 0 Å². The van der Waals surface area contributed by atoms with Gasteiger partial charge in [-0.1, -0.05) is 40.8 Å². The zero-order valence-corrected chi connectivity index (χ0v) is 15.6. The molecule has 1 heterocycles. The van der Waals surface area contributed by atoms with Crippen molar-refractivity contribution in [2.75, 3.05) is 0 Å². The van der Waals surface area contributed by atoms with Crippen LogP contribution in [0.25, 0.3) is 11.1 Å². The van der Waals surface area contributed by atoms with Gasteiger partial charge in [0, 0.05) is 10.4 Å². The maximum atomic E-state index is 12.7. The minimum absolute atomic E-state index is 0. The third-order valence-electron chi connectivity index (χ3n) is 4.00. The SMILES string of the molecule is Cc1ccc(C)c(-c2c([O-])c3c(sc2=O)CCCC3)c1.[Na+]. The third kappa shape index (κ3) is 3.11. The van der Waals surface area contributed by atoms with E-state index in [2.05, 4.69) is 0 Å². The van der Waals surface area contributed by atoms with E-state index in [9.17, 15) is 9.90 Å². The van der Waals surface area contributed by atoms with Gasteiger partial charge >= 0.3 is 29.6 Å². The van der Waals surface area contributed by atoms with Gasteiger partial charge in [-0.05, 0) is 56.2 Å². The van der Waals surface area contributed by atoms with Crippen LogP contribution in [0.2, 0.25) is 0 Å². The molecule has 2 nitrogen and oxygen atoms in total. The fraction of sp³-hybridized carbons (Fsp3) is 0.353. The first-order valence-corrected chi connectivity index (χ1v) is 7.83. The van der Waals surface area contributed by atoms with Gasteiger partial charge in [-0.25, -0.2) is 0 Å². The van der Waals surface area contributed by atoms with Crippen LogP contribution in [-0.2, 0) is 12.8 Å². The number of hydrogen-bond donors (Lipinski definition) is 0. The number of hydrogen-bond acceptors (Lipinski definition) is 3. The molecular formula is C17H17NaO2S. The van der Waals surface area contributed by atoms with Crippen LogP contribution in [0.15, 0.2) is 23.0 Å². The maximum Gasteiger partial charge on any atom is 1.00 e. The predicted octanol–water partition coefficient (Wildman–Crippen LogP) is 0.349. The Labute approximate surface area is 151 Å². The van der Waals surface area contributed by atoms with E-state index in [1.807, 2.05) is 32.0 Å². The van der Waals surface area contributed by atoms with Gasteiger partial charge in [-0.15, -0.1) is 0 Å². The zero-order chi connectivity index (χ0) is 14.3. The predicted molar refractivity (Wildman–Crippen MR) is 81.6 cm³/mol. The minimum atomic E-state index is -0.0793. The molecule has 21 heavy (non-hydrogen) atoms. The van der Waals surface area contributed by atoms with Crippen LogP contribution in [0.4, 0.5) is 0 Å². The van der Waals surface area contributed by atoms with Crippen molar-refractivity contribution in [1.82, 2.24) is 0 Å². The normalized spacial score (nSPS) is 13.4. The van der Waals surface area contributed by atoms with E-state index in [4.69, 9.17) is 0 Å². The van der Waals surface area contributed by atoms with Crippen LogP contribution in [0, 0.1) is 13.8 Å². The molecule has 0 unspecified atom stereocenters. The van der Waals surface area contributed by atoms with Crippen molar-refractivity contribution in [1.29, 1.82) is 0 Å². The monoisotopic (exact) mass is 308 g/mol. The molecule has 3 rings (SSSR count). The summed E-state index contributed by atoms with van der Waals surface area (Å²) in [6, 6.07) is 5.94. The molecule has 0 bridgehead atoms. The van der Waals surface area contributed by atoms with E-state index >= 15 is 0 Å². The van der Waals surface area contributed by atoms with Crippen LogP contribution in [0.1, 0.15) is 34.4 Å². The summed E-state index contributed by atoms with van der Waals surface area (Å²) in [5, 5.41) is 12.7. The Hall–Kier alpha value is -0.610. The quantitative estimate of drug-likeness (QED) is 0.713. The average Bonchev–Trinajstić information content (AvgIpc) is 2.42. The third-order valence-corrected chi connectivity index (χ3v) is 5.09. The summed E-state index contributed by atoms with van der Waals surface area (Å²) in [6.07, 6.45) is 3.85. The van der Waals surface area contributed by atoms with E-state index in [0.717, 1.165) is 52.8 Å². The van der Waals surface area contributed by atoms with Crippen molar-refractivity contribution in [3.8, 4) is 16.9 Å². The molecule has 0 spiro atoms. The van der Waals surface area contributed by atoms with Crippen LogP contribution in [0.5, 0.6) is 5.75 Å². The molecule has 0 aliphatic heterocycles. The maximum absolute atomic E-state index is 12.7. The molecule has 0 saturated carbocycles. The van der Waals surface area contributed by atoms with Gasteiger partial charge in [-0.3, -0.25) is 4.79 Å². The van der Waals surface area contributed by atoms with Crippen molar-refractivity contribution in [3.63, 3.8) is 0 Å². The van der Waals surface area contributed by atoms with Crippen LogP contribution in [-0.4, -0.2) is 0 Å². The van der Waals surface area contributed by atoms with E-state index < -0.39 is 0 Å². The summed E-state index contributed by atoms with van der Waals surface area (Å²) in [7, 11) is 0. The second-order valence-corrected chi connectivity index (χ2v) is 6.59. The van der Waals surface area contributed by atoms with Crippen LogP contribution < -0.4 is 39.4 Å². The molecule has 1 aliphatic rings. The smallest absolute Gasteiger partial charge is 0.872 e. The molecule has 0 saturated heterocycles. The van der Waals surface area contributed by atoms with Crippen molar-refractivity contribution in [3.05, 3.63) is 49.3 Å². The fourth-order valence-electron chi connectivity index (χ4n) is 2.87. The molecule has 1 aromatic heterocycles. The number of aryl methyl sites for hydroxylation is 3. The first-order chi connectivity index (χ1) is 9.58. The Morgan fingerprint density at radius 1 is 1.14 bits per heavy atom. The van der Waals surface area contributed by atoms with Crippen molar-refractivity contribution >= 4 is 11.3 Å². The molecule has 0 amide bonds. The summed E-state index contributed by atoms with van der Waals surface area (Å²) < 4.78 is -0.0793. The molecule has 0 N–H and O–H groups in total. The second kappa shape index (κ2) is 6.66. The second-order valence-electron chi connectivity index (χ2n) is 5.52. The standard InChI is InChI=1S/C17H18O2S.Na/c1-10-7-8-11(2)13(9-10)15-16(18)12-5-3-4-6-14(12)20-17(15)19;/h7-9,18H,3-6H2,1-2H3;/q;+1/p-1. The summed E-state index contributed by atoms with van der Waals surface area (Å²) in [4.78, 5) is 13.4. The van der Waals surface area contributed by atoms with Crippen molar-refractivity contribution < 1.29 is 34.7 Å². The van der Waals surface area contributed by atoms with Gasteiger partial charge in [-0.2, -0.15) is 0 Å². The Kier molecular flexibility index (Phi) is 5.31. The Morgan fingerprint density at radius 2 is 1.86 bits per heavy atom. The molecule has 1 aliphatic carbocycles. The van der Waals surface area contributed by atoms with E-state index in [-0.39, 0.29) is 40.0 Å². The average molecular weight is 308 g/mol. The molecule has 0 atom stereocenters. The van der Waals surface area contributed by atoms with E-state index in [1.165, 1.54) is 11.3 Å². The Balaban J connectivity index is 0.00000161. The molecule has 0 radical (unpaired) electrons. The van der Waals surface area contributed by atoms with Crippen molar-refractivity contribution in [2.24, 2.45) is 0 Å². The molecule has 104 valence electrons. The summed E-state index contributed by atoms with van der Waals surface area (Å²) >= 11 is 1.27. The van der Waals surface area contributed by atoms with E-state index in [0.29, 0.717) is 5.56 Å².